The first kappa shape index (κ1) is 13.0. The van der Waals surface area contributed by atoms with Crippen molar-refractivity contribution in [2.75, 3.05) is 0 Å². The molecular weight excluding hydrogens is 238 g/mol. The molecule has 1 aliphatic rings. The van der Waals surface area contributed by atoms with Crippen LogP contribution in [0.1, 0.15) is 25.0 Å². The molecule has 0 saturated carbocycles. The summed E-state index contributed by atoms with van der Waals surface area (Å²) in [5, 5.41) is 10.8. The highest BCUT2D eigenvalue weighted by Gasteiger charge is 2.23. The monoisotopic (exact) mass is 253 g/mol. The molecule has 0 radical (unpaired) electrons. The van der Waals surface area contributed by atoms with E-state index in [1.807, 2.05) is 37.3 Å². The Morgan fingerprint density at radius 2 is 1.89 bits per heavy atom. The van der Waals surface area contributed by atoms with Gasteiger partial charge in [-0.25, -0.2) is 0 Å². The highest BCUT2D eigenvalue weighted by Crippen LogP contribution is 2.42. The molecule has 0 spiro atoms. The second kappa shape index (κ2) is 5.06. The maximum atomic E-state index is 10.8. The summed E-state index contributed by atoms with van der Waals surface area (Å²) < 4.78 is 0. The molecule has 0 aliphatic heterocycles. The first-order valence-electron chi connectivity index (χ1n) is 6.06. The number of rotatable bonds is 3. The van der Waals surface area contributed by atoms with Crippen LogP contribution in [0.25, 0.3) is 11.1 Å². The molecule has 1 aromatic carbocycles. The lowest BCUT2D eigenvalue weighted by atomic mass is 10.0. The van der Waals surface area contributed by atoms with Crippen molar-refractivity contribution in [3.05, 3.63) is 81.6 Å². The summed E-state index contributed by atoms with van der Waals surface area (Å²) in [7, 11) is 0. The molecule has 0 unspecified atom stereocenters. The summed E-state index contributed by atoms with van der Waals surface area (Å²) in [4.78, 5) is 10.4. The molecule has 0 aromatic heterocycles. The molecule has 3 heteroatoms. The molecule has 19 heavy (non-hydrogen) atoms. The third kappa shape index (κ3) is 2.15. The first-order chi connectivity index (χ1) is 9.10. The number of hydrogen-bond donors (Lipinski definition) is 0. The van der Waals surface area contributed by atoms with E-state index in [0.29, 0.717) is 0 Å². The van der Waals surface area contributed by atoms with Crippen molar-refractivity contribution in [2.45, 2.75) is 13.8 Å². The van der Waals surface area contributed by atoms with E-state index < -0.39 is 0 Å². The molecule has 96 valence electrons. The molecular formula is C16H15NO2. The summed E-state index contributed by atoms with van der Waals surface area (Å²) in [6.45, 7) is 7.27. The zero-order valence-corrected chi connectivity index (χ0v) is 11.0. The van der Waals surface area contributed by atoms with Crippen molar-refractivity contribution < 1.29 is 4.92 Å². The molecule has 0 saturated heterocycles. The lowest BCUT2D eigenvalue weighted by Crippen LogP contribution is -1.94. The lowest BCUT2D eigenvalue weighted by molar-refractivity contribution is -0.424. The number of fused-ring (bicyclic) bond motifs is 1. The largest absolute Gasteiger partial charge is 0.259 e. The summed E-state index contributed by atoms with van der Waals surface area (Å²) in [6, 6.07) is 7.97. The lowest BCUT2D eigenvalue weighted by Gasteiger charge is -2.02. The molecule has 0 fully saturated rings. The van der Waals surface area contributed by atoms with Crippen LogP contribution in [0.5, 0.6) is 0 Å². The summed E-state index contributed by atoms with van der Waals surface area (Å²) in [6.07, 6.45) is 5.36. The van der Waals surface area contributed by atoms with Gasteiger partial charge >= 0.3 is 0 Å². The number of nitro groups is 1. The number of benzene rings is 1. The van der Waals surface area contributed by atoms with Gasteiger partial charge in [0, 0.05) is 13.0 Å². The average Bonchev–Trinajstić information content (AvgIpc) is 2.71. The van der Waals surface area contributed by atoms with Crippen LogP contribution < -0.4 is 0 Å². The van der Waals surface area contributed by atoms with Gasteiger partial charge in [0.05, 0.1) is 4.92 Å². The Labute approximate surface area is 112 Å². The van der Waals surface area contributed by atoms with Gasteiger partial charge in [-0.2, -0.15) is 0 Å². The van der Waals surface area contributed by atoms with E-state index in [1.165, 1.54) is 6.92 Å². The Hall–Kier alpha value is -2.42. The standard InChI is InChI=1S/C16H15NO2/c1-4-12-14-8-6-7-9-15(14)13(5-2)16(12)10-11(3)17(18)19/h4-10H,1H2,2-3H3/b11-10+,13-5+. The summed E-state index contributed by atoms with van der Waals surface area (Å²) >= 11 is 0. The molecule has 0 N–H and O–H groups in total. The Balaban J connectivity index is 2.68. The Morgan fingerprint density at radius 1 is 1.26 bits per heavy atom. The van der Waals surface area contributed by atoms with E-state index in [4.69, 9.17) is 0 Å². The summed E-state index contributed by atoms with van der Waals surface area (Å²) in [5.74, 6) is 0. The van der Waals surface area contributed by atoms with Crippen LogP contribution in [-0.2, 0) is 0 Å². The van der Waals surface area contributed by atoms with Gasteiger partial charge < -0.3 is 0 Å². The first-order valence-corrected chi connectivity index (χ1v) is 6.06. The molecule has 0 amide bonds. The molecule has 0 atom stereocenters. The van der Waals surface area contributed by atoms with Gasteiger partial charge in [-0.15, -0.1) is 0 Å². The van der Waals surface area contributed by atoms with E-state index in [0.717, 1.165) is 27.8 Å². The van der Waals surface area contributed by atoms with Gasteiger partial charge in [0.2, 0.25) is 5.70 Å². The fraction of sp³-hybridized carbons (Fsp3) is 0.125. The zero-order chi connectivity index (χ0) is 14.0. The molecule has 0 bridgehead atoms. The van der Waals surface area contributed by atoms with Crippen molar-refractivity contribution in [1.82, 2.24) is 0 Å². The van der Waals surface area contributed by atoms with Gasteiger partial charge in [-0.3, -0.25) is 10.1 Å². The summed E-state index contributed by atoms with van der Waals surface area (Å²) in [5.41, 5.74) is 5.14. The fourth-order valence-electron chi connectivity index (χ4n) is 2.34. The fourth-order valence-corrected chi connectivity index (χ4v) is 2.34. The molecule has 1 aromatic rings. The minimum absolute atomic E-state index is 0.126. The Morgan fingerprint density at radius 3 is 2.42 bits per heavy atom. The van der Waals surface area contributed by atoms with E-state index in [9.17, 15) is 10.1 Å². The van der Waals surface area contributed by atoms with Gasteiger partial charge in [0.25, 0.3) is 0 Å². The van der Waals surface area contributed by atoms with E-state index in [-0.39, 0.29) is 10.6 Å². The van der Waals surface area contributed by atoms with Gasteiger partial charge in [-0.05, 0) is 34.8 Å². The van der Waals surface area contributed by atoms with E-state index in [2.05, 4.69) is 6.58 Å². The third-order valence-electron chi connectivity index (χ3n) is 3.22. The maximum absolute atomic E-state index is 10.8. The van der Waals surface area contributed by atoms with Crippen molar-refractivity contribution in [1.29, 1.82) is 0 Å². The Bertz CT molecular complexity index is 648. The van der Waals surface area contributed by atoms with Crippen LogP contribution in [0.3, 0.4) is 0 Å². The highest BCUT2D eigenvalue weighted by molar-refractivity contribution is 6.04. The number of hydrogen-bond acceptors (Lipinski definition) is 2. The topological polar surface area (TPSA) is 43.1 Å². The van der Waals surface area contributed by atoms with Crippen LogP contribution >= 0.6 is 0 Å². The van der Waals surface area contributed by atoms with Crippen LogP contribution in [0.4, 0.5) is 0 Å². The van der Waals surface area contributed by atoms with Gasteiger partial charge in [0.15, 0.2) is 0 Å². The normalized spacial score (nSPS) is 16.7. The van der Waals surface area contributed by atoms with Crippen LogP contribution in [0.15, 0.2) is 60.3 Å². The quantitative estimate of drug-likeness (QED) is 0.597. The molecule has 1 aliphatic carbocycles. The zero-order valence-electron chi connectivity index (χ0n) is 11.0. The third-order valence-corrected chi connectivity index (χ3v) is 3.22. The molecule has 2 rings (SSSR count). The van der Waals surface area contributed by atoms with Crippen molar-refractivity contribution in [3.63, 3.8) is 0 Å². The van der Waals surface area contributed by atoms with Crippen molar-refractivity contribution in [2.24, 2.45) is 0 Å². The highest BCUT2D eigenvalue weighted by atomic mass is 16.6. The SMILES string of the molecule is C=CC1=C(/C=C(\C)[N+](=O)[O-])/C(=C/C)c2ccccc21. The molecule has 3 nitrogen and oxygen atoms in total. The van der Waals surface area contributed by atoms with Gasteiger partial charge in [0.1, 0.15) is 0 Å². The second-order valence-electron chi connectivity index (χ2n) is 4.32. The van der Waals surface area contributed by atoms with Crippen molar-refractivity contribution in [3.8, 4) is 0 Å². The van der Waals surface area contributed by atoms with Crippen LogP contribution in [-0.4, -0.2) is 4.92 Å². The second-order valence-corrected chi connectivity index (χ2v) is 4.32. The smallest absolute Gasteiger partial charge is 0.243 e. The average molecular weight is 253 g/mol. The van der Waals surface area contributed by atoms with E-state index >= 15 is 0 Å². The van der Waals surface area contributed by atoms with Gasteiger partial charge in [-0.1, -0.05) is 43.0 Å². The predicted octanol–water partition coefficient (Wildman–Crippen LogP) is 4.22. The van der Waals surface area contributed by atoms with Crippen LogP contribution in [0.2, 0.25) is 0 Å². The minimum atomic E-state index is -0.371. The maximum Gasteiger partial charge on any atom is 0.243 e. The minimum Gasteiger partial charge on any atom is -0.259 e. The number of nitrogens with zero attached hydrogens (tertiary/aromatic N) is 1. The Kier molecular flexibility index (Phi) is 3.47. The van der Waals surface area contributed by atoms with Crippen molar-refractivity contribution >= 4 is 11.1 Å². The van der Waals surface area contributed by atoms with E-state index in [1.54, 1.807) is 12.2 Å². The molecule has 0 heterocycles. The number of allylic oxidation sites excluding steroid dienone is 7. The predicted molar refractivity (Wildman–Crippen MR) is 78.0 cm³/mol. The van der Waals surface area contributed by atoms with Crippen LogP contribution in [0, 0.1) is 10.1 Å².